The summed E-state index contributed by atoms with van der Waals surface area (Å²) in [5, 5.41) is 49.1. The Labute approximate surface area is 216 Å². The van der Waals surface area contributed by atoms with Gasteiger partial charge in [-0.25, -0.2) is 0 Å². The van der Waals surface area contributed by atoms with E-state index in [4.69, 9.17) is 19.4 Å². The number of benzene rings is 3. The Kier molecular flexibility index (Phi) is 12.9. The van der Waals surface area contributed by atoms with Gasteiger partial charge in [0, 0.05) is 19.0 Å². The maximum absolute atomic E-state index is 10.3. The molecule has 0 heterocycles. The van der Waals surface area contributed by atoms with E-state index < -0.39 is 12.1 Å². The minimum atomic E-state index is -0.833. The number of rotatable bonds is 13. The molecule has 0 aliphatic heterocycles. The molecule has 0 radical (unpaired) electrons. The third-order valence-corrected chi connectivity index (χ3v) is 5.21. The number of hydrogen-bond donors (Lipinski definition) is 6. The molecule has 0 bridgehead atoms. The third-order valence-electron chi connectivity index (χ3n) is 5.21. The Morgan fingerprint density at radius 2 is 1.59 bits per heavy atom. The maximum Gasteiger partial charge on any atom is 0.300 e. The summed E-state index contributed by atoms with van der Waals surface area (Å²) < 4.78 is 11.3. The molecular formula is C28H35NO8. The van der Waals surface area contributed by atoms with Gasteiger partial charge in [-0.3, -0.25) is 4.79 Å². The molecule has 0 unspecified atom stereocenters. The molecule has 9 heteroatoms. The Morgan fingerprint density at radius 3 is 2.24 bits per heavy atom. The molecule has 0 spiro atoms. The summed E-state index contributed by atoms with van der Waals surface area (Å²) in [5.74, 6) is 0.211. The molecule has 200 valence electrons. The number of carbonyl (C=O) groups is 1. The first-order valence-corrected chi connectivity index (χ1v) is 11.9. The van der Waals surface area contributed by atoms with E-state index >= 15 is 0 Å². The van der Waals surface area contributed by atoms with E-state index in [0.717, 1.165) is 30.2 Å². The fourth-order valence-electron chi connectivity index (χ4n) is 3.28. The van der Waals surface area contributed by atoms with Gasteiger partial charge >= 0.3 is 0 Å². The van der Waals surface area contributed by atoms with Crippen LogP contribution in [0.25, 0.3) is 0 Å². The molecule has 0 fully saturated rings. The summed E-state index contributed by atoms with van der Waals surface area (Å²) in [6, 6.07) is 19.5. The Balaban J connectivity index is 0.00000112. The molecule has 3 rings (SSSR count). The normalized spacial score (nSPS) is 11.3. The second kappa shape index (κ2) is 16.2. The zero-order valence-electron chi connectivity index (χ0n) is 20.8. The molecule has 1 atom stereocenters. The lowest BCUT2D eigenvalue weighted by molar-refractivity contribution is -0.134. The largest absolute Gasteiger partial charge is 0.508 e. The van der Waals surface area contributed by atoms with Gasteiger partial charge in [-0.15, -0.1) is 0 Å². The number of carboxylic acid groups (broad SMARTS) is 1. The highest BCUT2D eigenvalue weighted by Gasteiger charge is 2.10. The van der Waals surface area contributed by atoms with Crippen LogP contribution in [0.3, 0.4) is 0 Å². The second-order valence-electron chi connectivity index (χ2n) is 8.25. The van der Waals surface area contributed by atoms with Crippen LogP contribution < -0.4 is 10.1 Å². The van der Waals surface area contributed by atoms with Crippen molar-refractivity contribution in [1.82, 2.24) is 5.32 Å². The summed E-state index contributed by atoms with van der Waals surface area (Å²) in [5.41, 5.74) is 3.20. The van der Waals surface area contributed by atoms with Crippen molar-refractivity contribution < 1.29 is 39.8 Å². The average Bonchev–Trinajstić information content (AvgIpc) is 2.88. The Hall–Kier alpha value is -3.63. The van der Waals surface area contributed by atoms with Crippen LogP contribution in [-0.4, -0.2) is 57.8 Å². The number of nitrogens with one attached hydrogen (secondary N) is 1. The van der Waals surface area contributed by atoms with Crippen LogP contribution in [0.4, 0.5) is 0 Å². The van der Waals surface area contributed by atoms with Crippen LogP contribution in [0, 0.1) is 0 Å². The van der Waals surface area contributed by atoms with Gasteiger partial charge in [0.15, 0.2) is 0 Å². The number of aromatic hydroxyl groups is 2. The van der Waals surface area contributed by atoms with Crippen molar-refractivity contribution in [2.24, 2.45) is 0 Å². The lowest BCUT2D eigenvalue weighted by atomic mass is 10.1. The lowest BCUT2D eigenvalue weighted by Gasteiger charge is -2.14. The number of aliphatic carboxylic acids is 1. The first-order chi connectivity index (χ1) is 17.8. The SMILES string of the molecule is CC(=O)O.OCc1cc([C@@H](O)CNCCc2ccc(OCCOCc3ccc(O)cc3)cc2)ccc1O. The minimum Gasteiger partial charge on any atom is -0.508 e. The number of phenols is 2. The number of carboxylic acids is 1. The van der Waals surface area contributed by atoms with Crippen LogP contribution in [0.5, 0.6) is 17.2 Å². The standard InChI is InChI=1S/C26H31NO6.C2H4O2/c28-17-22-15-21(5-10-25(22)30)26(31)16-27-12-11-19-3-8-24(9-4-19)33-14-13-32-18-20-1-6-23(29)7-2-20;1-2(3)4/h1-10,15,26-31H,11-14,16-18H2;1H3,(H,3,4)/t26-;/m0./s1. The van der Waals surface area contributed by atoms with Gasteiger partial charge in [-0.2, -0.15) is 0 Å². The zero-order chi connectivity index (χ0) is 27.0. The van der Waals surface area contributed by atoms with E-state index in [9.17, 15) is 20.4 Å². The van der Waals surface area contributed by atoms with E-state index in [2.05, 4.69) is 5.32 Å². The number of aliphatic hydroxyl groups is 2. The van der Waals surface area contributed by atoms with Crippen molar-refractivity contribution in [3.63, 3.8) is 0 Å². The van der Waals surface area contributed by atoms with Crippen molar-refractivity contribution in [2.75, 3.05) is 26.3 Å². The van der Waals surface area contributed by atoms with Gasteiger partial charge in [0.05, 0.1) is 25.9 Å². The van der Waals surface area contributed by atoms with Gasteiger partial charge in [-0.05, 0) is 66.1 Å². The molecule has 0 amide bonds. The fraction of sp³-hybridized carbons (Fsp3) is 0.321. The molecule has 0 saturated carbocycles. The van der Waals surface area contributed by atoms with Crippen molar-refractivity contribution >= 4 is 5.97 Å². The summed E-state index contributed by atoms with van der Waals surface area (Å²) in [6.07, 6.45) is 0.0863. The van der Waals surface area contributed by atoms with Gasteiger partial charge in [0.2, 0.25) is 0 Å². The van der Waals surface area contributed by atoms with Crippen LogP contribution >= 0.6 is 0 Å². The van der Waals surface area contributed by atoms with Crippen LogP contribution in [-0.2, 0) is 29.2 Å². The van der Waals surface area contributed by atoms with E-state index in [1.807, 2.05) is 36.4 Å². The smallest absolute Gasteiger partial charge is 0.300 e. The molecule has 3 aromatic carbocycles. The van der Waals surface area contributed by atoms with Crippen molar-refractivity contribution in [2.45, 2.75) is 32.7 Å². The highest BCUT2D eigenvalue weighted by Crippen LogP contribution is 2.22. The van der Waals surface area contributed by atoms with E-state index in [1.165, 1.54) is 6.07 Å². The number of aliphatic hydroxyl groups excluding tert-OH is 2. The predicted molar refractivity (Wildman–Crippen MR) is 139 cm³/mol. The number of hydrogen-bond acceptors (Lipinski definition) is 8. The summed E-state index contributed by atoms with van der Waals surface area (Å²) in [4.78, 5) is 9.00. The van der Waals surface area contributed by atoms with Crippen LogP contribution in [0.2, 0.25) is 0 Å². The second-order valence-corrected chi connectivity index (χ2v) is 8.25. The number of ether oxygens (including phenoxy) is 2. The summed E-state index contributed by atoms with van der Waals surface area (Å²) in [6.45, 7) is 3.28. The van der Waals surface area contributed by atoms with E-state index in [1.54, 1.807) is 24.3 Å². The molecule has 0 aliphatic rings. The third kappa shape index (κ3) is 11.8. The predicted octanol–water partition coefficient (Wildman–Crippen LogP) is 3.14. The lowest BCUT2D eigenvalue weighted by Crippen LogP contribution is -2.23. The molecule has 0 aromatic heterocycles. The molecule has 0 saturated heterocycles. The summed E-state index contributed by atoms with van der Waals surface area (Å²) >= 11 is 0. The van der Waals surface area contributed by atoms with Crippen molar-refractivity contribution in [3.05, 3.63) is 89.0 Å². The fourth-order valence-corrected chi connectivity index (χ4v) is 3.28. The summed E-state index contributed by atoms with van der Waals surface area (Å²) in [7, 11) is 0. The average molecular weight is 514 g/mol. The molecule has 3 aromatic rings. The molecule has 0 aliphatic carbocycles. The van der Waals surface area contributed by atoms with Crippen LogP contribution in [0.15, 0.2) is 66.7 Å². The van der Waals surface area contributed by atoms with E-state index in [0.29, 0.717) is 44.0 Å². The van der Waals surface area contributed by atoms with E-state index in [-0.39, 0.29) is 18.1 Å². The zero-order valence-corrected chi connectivity index (χ0v) is 20.8. The first kappa shape index (κ1) is 29.6. The Bertz CT molecular complexity index is 1070. The quantitative estimate of drug-likeness (QED) is 0.190. The van der Waals surface area contributed by atoms with Gasteiger partial charge < -0.3 is 40.3 Å². The molecule has 9 nitrogen and oxygen atoms in total. The number of phenolic OH excluding ortho intramolecular Hbond substituents is 1. The highest BCUT2D eigenvalue weighted by molar-refractivity contribution is 5.62. The minimum absolute atomic E-state index is 0.0236. The molecular weight excluding hydrogens is 478 g/mol. The molecule has 6 N–H and O–H groups in total. The highest BCUT2D eigenvalue weighted by atomic mass is 16.5. The maximum atomic E-state index is 10.3. The monoisotopic (exact) mass is 513 g/mol. The van der Waals surface area contributed by atoms with Gasteiger partial charge in [0.25, 0.3) is 5.97 Å². The molecule has 37 heavy (non-hydrogen) atoms. The first-order valence-electron chi connectivity index (χ1n) is 11.9. The van der Waals surface area contributed by atoms with Gasteiger partial charge in [-0.1, -0.05) is 30.3 Å². The van der Waals surface area contributed by atoms with Gasteiger partial charge in [0.1, 0.15) is 23.9 Å². The van der Waals surface area contributed by atoms with Crippen molar-refractivity contribution in [3.8, 4) is 17.2 Å². The van der Waals surface area contributed by atoms with Crippen molar-refractivity contribution in [1.29, 1.82) is 0 Å². The van der Waals surface area contributed by atoms with Crippen LogP contribution in [0.1, 0.15) is 35.3 Å². The topological polar surface area (TPSA) is 149 Å². The Morgan fingerprint density at radius 1 is 0.946 bits per heavy atom.